The molecule has 2 aromatic heterocycles. The van der Waals surface area contributed by atoms with Crippen LogP contribution in [-0.2, 0) is 27.2 Å². The van der Waals surface area contributed by atoms with Crippen molar-refractivity contribution in [2.24, 2.45) is 0 Å². The topological polar surface area (TPSA) is 148 Å². The molecule has 296 valence electrons. The highest BCUT2D eigenvalue weighted by Crippen LogP contribution is 2.49. The number of carbonyl (C=O) groups excluding carboxylic acids is 1. The lowest BCUT2D eigenvalue weighted by Crippen LogP contribution is -2.66. The Labute approximate surface area is 328 Å². The molecule has 0 unspecified atom stereocenters. The van der Waals surface area contributed by atoms with Crippen molar-refractivity contribution in [3.63, 3.8) is 0 Å². The summed E-state index contributed by atoms with van der Waals surface area (Å²) in [6.07, 6.45) is 0.338. The normalized spacial score (nSPS) is 23.2. The lowest BCUT2D eigenvalue weighted by Gasteiger charge is -2.51. The van der Waals surface area contributed by atoms with Gasteiger partial charge in [-0.1, -0.05) is 104 Å². The quantitative estimate of drug-likeness (QED) is 0.112. The van der Waals surface area contributed by atoms with Gasteiger partial charge in [0.15, 0.2) is 17.4 Å². The van der Waals surface area contributed by atoms with Gasteiger partial charge in [-0.3, -0.25) is 19.7 Å². The average Bonchev–Trinajstić information content (AvgIpc) is 3.81. The van der Waals surface area contributed by atoms with E-state index in [1.165, 1.54) is 6.33 Å². The van der Waals surface area contributed by atoms with E-state index in [0.717, 1.165) is 22.3 Å². The molecule has 16 heteroatoms. The minimum absolute atomic E-state index is 0.0780. The molecule has 55 heavy (non-hydrogen) atoms. The summed E-state index contributed by atoms with van der Waals surface area (Å²) in [5.41, 5.74) is 4.81. The van der Waals surface area contributed by atoms with Gasteiger partial charge in [-0.25, -0.2) is 9.78 Å². The van der Waals surface area contributed by atoms with Crippen LogP contribution in [0.15, 0.2) is 59.7 Å². The second kappa shape index (κ2) is 15.9. The third-order valence-electron chi connectivity index (χ3n) is 11.3. The van der Waals surface area contributed by atoms with Crippen LogP contribution in [0.2, 0.25) is 22.2 Å². The molecule has 0 saturated carbocycles. The molecule has 2 aliphatic heterocycles. The summed E-state index contributed by atoms with van der Waals surface area (Å²) in [6, 6.07) is 16.3. The highest BCUT2D eigenvalue weighted by Gasteiger charge is 2.62. The fourth-order valence-electron chi connectivity index (χ4n) is 8.57. The van der Waals surface area contributed by atoms with Crippen LogP contribution in [0.3, 0.4) is 0 Å². The Morgan fingerprint density at radius 3 is 2.18 bits per heavy atom. The number of imidazole rings is 1. The second-order valence-electron chi connectivity index (χ2n) is 15.8. The number of nitrogens with one attached hydrogen (secondary N) is 2. The van der Waals surface area contributed by atoms with Gasteiger partial charge in [0.05, 0.1) is 18.9 Å². The van der Waals surface area contributed by atoms with Crippen molar-refractivity contribution >= 4 is 52.1 Å². The van der Waals surface area contributed by atoms with Crippen LogP contribution in [0, 0.1) is 0 Å². The lowest BCUT2D eigenvalue weighted by atomic mass is 9.98. The van der Waals surface area contributed by atoms with Crippen LogP contribution >= 0.6 is 11.8 Å². The fourth-order valence-corrected chi connectivity index (χ4v) is 20.1. The summed E-state index contributed by atoms with van der Waals surface area (Å²) in [6.45, 7) is 17.8. The van der Waals surface area contributed by atoms with E-state index in [4.69, 9.17) is 27.2 Å². The first kappa shape index (κ1) is 39.9. The van der Waals surface area contributed by atoms with E-state index in [9.17, 15) is 9.59 Å². The SMILES string of the molecule is CSCO[C@@H]1[C@@H]2O[Si](C(C)C)(C(C)C)O[Si](C(C)C)(C(C)C)OC[C@H]2O[C@H]1n1cnc2c(=O)[nH]c(NC(=O)OCC3c4ccccc4-c4ccccc43)nc21. The van der Waals surface area contributed by atoms with E-state index in [-0.39, 0.29) is 58.4 Å². The number of benzene rings is 2. The van der Waals surface area contributed by atoms with Crippen molar-refractivity contribution in [1.29, 1.82) is 0 Å². The molecule has 13 nitrogen and oxygen atoms in total. The van der Waals surface area contributed by atoms with Crippen molar-refractivity contribution in [2.75, 3.05) is 30.7 Å². The first-order valence-electron chi connectivity index (χ1n) is 19.2. The van der Waals surface area contributed by atoms with Gasteiger partial charge < -0.3 is 27.2 Å². The van der Waals surface area contributed by atoms with Crippen LogP contribution in [0.4, 0.5) is 10.7 Å². The molecule has 4 atom stereocenters. The Morgan fingerprint density at radius 2 is 1.58 bits per heavy atom. The predicted octanol–water partition coefficient (Wildman–Crippen LogP) is 8.04. The number of rotatable bonds is 11. The Hall–Kier alpha value is -3.36. The molecule has 0 bridgehead atoms. The zero-order valence-corrected chi connectivity index (χ0v) is 35.8. The minimum Gasteiger partial charge on any atom is -0.448 e. The van der Waals surface area contributed by atoms with Gasteiger partial charge in [-0.05, 0) is 50.7 Å². The van der Waals surface area contributed by atoms with Gasteiger partial charge in [0.2, 0.25) is 5.95 Å². The van der Waals surface area contributed by atoms with Crippen molar-refractivity contribution in [3.05, 3.63) is 76.3 Å². The van der Waals surface area contributed by atoms with Crippen molar-refractivity contribution in [3.8, 4) is 11.1 Å². The maximum Gasteiger partial charge on any atom is 0.414 e. The highest BCUT2D eigenvalue weighted by molar-refractivity contribution is 7.98. The Kier molecular flexibility index (Phi) is 11.5. The molecule has 1 amide bonds. The van der Waals surface area contributed by atoms with E-state index in [1.54, 1.807) is 16.3 Å². The van der Waals surface area contributed by atoms with Gasteiger partial charge in [-0.2, -0.15) is 4.98 Å². The predicted molar refractivity (Wildman–Crippen MR) is 218 cm³/mol. The van der Waals surface area contributed by atoms with Gasteiger partial charge in [0, 0.05) is 5.92 Å². The number of ether oxygens (including phenoxy) is 3. The van der Waals surface area contributed by atoms with E-state index >= 15 is 0 Å². The monoisotopic (exact) mass is 807 g/mol. The Balaban J connectivity index is 1.18. The third-order valence-corrected chi connectivity index (χ3v) is 21.9. The number of aromatic nitrogens is 4. The van der Waals surface area contributed by atoms with Crippen LogP contribution in [0.5, 0.6) is 0 Å². The lowest BCUT2D eigenvalue weighted by molar-refractivity contribution is -0.0616. The van der Waals surface area contributed by atoms with Crippen LogP contribution < -0.4 is 10.9 Å². The molecule has 0 radical (unpaired) electrons. The van der Waals surface area contributed by atoms with Gasteiger partial charge in [0.25, 0.3) is 5.56 Å². The zero-order valence-electron chi connectivity index (χ0n) is 33.0. The molecule has 4 aromatic rings. The molecule has 4 heterocycles. The second-order valence-corrected chi connectivity index (χ2v) is 25.5. The number of aromatic amines is 1. The van der Waals surface area contributed by atoms with Crippen molar-refractivity contribution in [2.45, 2.75) is 108 Å². The summed E-state index contributed by atoms with van der Waals surface area (Å²) in [5.74, 6) is 0.177. The summed E-state index contributed by atoms with van der Waals surface area (Å²) >= 11 is 1.54. The molecule has 2 aromatic carbocycles. The fraction of sp³-hybridized carbons (Fsp3) is 0.538. The standard InChI is InChI=1S/C39H53N5O8SSi2/c1-22(2)54(23(3)4)49-19-31-33(51-55(52-54,24(5)6)25(7)8)34(48-21-53-9)37(50-31)44-20-40-32-35(44)41-38(42-36(32)45)43-39(46)47-18-30-28-16-12-10-14-26(28)27-15-11-13-17-29(27)30/h10-17,20,22-25,30-31,33-34,37H,18-19,21H2,1-9H3,(H2,41,42,43,45,46)/t31-,33-,34-,37-/m1/s1. The molecule has 1 aliphatic carbocycles. The summed E-state index contributed by atoms with van der Waals surface area (Å²) in [5, 5.41) is 2.64. The summed E-state index contributed by atoms with van der Waals surface area (Å²) < 4.78 is 42.6. The smallest absolute Gasteiger partial charge is 0.414 e. The maximum atomic E-state index is 13.4. The molecular formula is C39H53N5O8SSi2. The third kappa shape index (κ3) is 7.13. The Bertz CT molecular complexity index is 2010. The number of anilines is 1. The van der Waals surface area contributed by atoms with E-state index < -0.39 is 53.3 Å². The number of hydrogen-bond acceptors (Lipinski definition) is 11. The molecule has 7 rings (SSSR count). The summed E-state index contributed by atoms with van der Waals surface area (Å²) in [4.78, 5) is 38.4. The molecule has 2 saturated heterocycles. The summed E-state index contributed by atoms with van der Waals surface area (Å²) in [7, 11) is -5.81. The van der Waals surface area contributed by atoms with Crippen molar-refractivity contribution in [1.82, 2.24) is 19.5 Å². The first-order chi connectivity index (χ1) is 26.3. The highest BCUT2D eigenvalue weighted by atomic mass is 32.2. The van der Waals surface area contributed by atoms with Gasteiger partial charge in [0.1, 0.15) is 24.9 Å². The largest absolute Gasteiger partial charge is 0.448 e. The molecule has 3 aliphatic rings. The molecular weight excluding hydrogens is 755 g/mol. The van der Waals surface area contributed by atoms with Crippen LogP contribution in [0.1, 0.15) is 78.7 Å². The Morgan fingerprint density at radius 1 is 0.964 bits per heavy atom. The van der Waals surface area contributed by atoms with Gasteiger partial charge in [-0.15, -0.1) is 11.8 Å². The molecule has 2 fully saturated rings. The van der Waals surface area contributed by atoms with Gasteiger partial charge >= 0.3 is 23.2 Å². The number of carbonyl (C=O) groups is 1. The van der Waals surface area contributed by atoms with E-state index in [0.29, 0.717) is 5.94 Å². The number of fused-ring (bicyclic) bond motifs is 5. The number of nitrogens with zero attached hydrogens (tertiary/aromatic N) is 3. The van der Waals surface area contributed by atoms with Crippen LogP contribution in [0.25, 0.3) is 22.3 Å². The number of H-pyrrole nitrogens is 1. The van der Waals surface area contributed by atoms with Crippen molar-refractivity contribution < 1.29 is 32.0 Å². The number of thioether (sulfide) groups is 1. The van der Waals surface area contributed by atoms with E-state index in [2.05, 4.69) is 99.9 Å². The number of amides is 1. The van der Waals surface area contributed by atoms with E-state index in [1.807, 2.05) is 30.5 Å². The maximum absolute atomic E-state index is 13.4. The van der Waals surface area contributed by atoms with Crippen LogP contribution in [-0.4, -0.2) is 86.5 Å². The zero-order chi connectivity index (χ0) is 39.2. The number of hydrogen-bond donors (Lipinski definition) is 2. The first-order valence-corrected chi connectivity index (χ1v) is 24.5. The minimum atomic E-state index is -3.00. The average molecular weight is 808 g/mol. The molecule has 0 spiro atoms. The molecule has 2 N–H and O–H groups in total.